The van der Waals surface area contributed by atoms with E-state index in [1.54, 1.807) is 0 Å². The SMILES string of the molecule is Cc1cc(-c2[nH]c3cc(C4C[C@H]5CC[C@@H](C4)N5C(=O)OC(C)(C)C)sc3c2C(C)C)cnc1N=CN. The summed E-state index contributed by atoms with van der Waals surface area (Å²) >= 11 is 1.91. The van der Waals surface area contributed by atoms with Crippen LogP contribution in [0, 0.1) is 6.92 Å². The molecule has 0 aliphatic carbocycles. The van der Waals surface area contributed by atoms with Crippen LogP contribution in [0.15, 0.2) is 23.3 Å². The van der Waals surface area contributed by atoms with Crippen LogP contribution in [0.4, 0.5) is 10.6 Å². The molecule has 0 spiro atoms. The van der Waals surface area contributed by atoms with Crippen LogP contribution in [-0.2, 0) is 4.74 Å². The minimum atomic E-state index is -0.461. The fourth-order valence-corrected chi connectivity index (χ4v) is 7.37. The second-order valence-corrected chi connectivity index (χ2v) is 12.6. The maximum Gasteiger partial charge on any atom is 0.410 e. The molecule has 2 fully saturated rings. The van der Waals surface area contributed by atoms with E-state index in [0.717, 1.165) is 42.5 Å². The monoisotopic (exact) mass is 507 g/mol. The first-order valence-electron chi connectivity index (χ1n) is 12.9. The predicted octanol–water partition coefficient (Wildman–Crippen LogP) is 6.99. The topological polar surface area (TPSA) is 96.6 Å². The van der Waals surface area contributed by atoms with Crippen molar-refractivity contribution in [2.75, 3.05) is 0 Å². The van der Waals surface area contributed by atoms with Crippen molar-refractivity contribution in [3.05, 3.63) is 34.3 Å². The number of hydrogen-bond donors (Lipinski definition) is 2. The molecule has 2 bridgehead atoms. The summed E-state index contributed by atoms with van der Waals surface area (Å²) in [5.74, 6) is 1.50. The summed E-state index contributed by atoms with van der Waals surface area (Å²) in [6.45, 7) is 12.3. The average molecular weight is 508 g/mol. The Kier molecular flexibility index (Phi) is 6.35. The lowest BCUT2D eigenvalue weighted by Gasteiger charge is -2.39. The lowest BCUT2D eigenvalue weighted by molar-refractivity contribution is 0.00596. The normalized spacial score (nSPS) is 22.3. The number of nitrogens with two attached hydrogens (primary N) is 1. The first-order valence-corrected chi connectivity index (χ1v) is 13.7. The Morgan fingerprint density at radius 2 is 1.97 bits per heavy atom. The van der Waals surface area contributed by atoms with E-state index in [9.17, 15) is 4.79 Å². The highest BCUT2D eigenvalue weighted by atomic mass is 32.1. The zero-order valence-corrected chi connectivity index (χ0v) is 22.9. The molecule has 1 unspecified atom stereocenters. The molecule has 3 atom stereocenters. The van der Waals surface area contributed by atoms with Gasteiger partial charge in [0.1, 0.15) is 5.60 Å². The van der Waals surface area contributed by atoms with Gasteiger partial charge >= 0.3 is 6.09 Å². The second kappa shape index (κ2) is 9.21. The zero-order chi connectivity index (χ0) is 25.8. The van der Waals surface area contributed by atoms with Crippen LogP contribution < -0.4 is 5.73 Å². The van der Waals surface area contributed by atoms with Gasteiger partial charge in [-0.2, -0.15) is 0 Å². The van der Waals surface area contributed by atoms with Crippen molar-refractivity contribution in [1.82, 2.24) is 14.9 Å². The third-order valence-corrected chi connectivity index (χ3v) is 8.71. The highest BCUT2D eigenvalue weighted by molar-refractivity contribution is 7.19. The van der Waals surface area contributed by atoms with E-state index < -0.39 is 5.60 Å². The molecule has 0 aromatic carbocycles. The number of rotatable bonds is 4. The van der Waals surface area contributed by atoms with Crippen molar-refractivity contribution in [3.8, 4) is 11.3 Å². The van der Waals surface area contributed by atoms with E-state index in [1.807, 2.05) is 50.1 Å². The number of nitrogens with one attached hydrogen (secondary N) is 1. The smallest absolute Gasteiger partial charge is 0.410 e. The Hall–Kier alpha value is -2.87. The van der Waals surface area contributed by atoms with Gasteiger partial charge < -0.3 is 20.4 Å². The molecule has 3 aromatic rings. The van der Waals surface area contributed by atoms with E-state index in [1.165, 1.54) is 27.0 Å². The molecule has 2 saturated heterocycles. The number of amides is 1. The molecule has 2 aliphatic rings. The molecular weight excluding hydrogens is 470 g/mol. The average Bonchev–Trinajstić information content (AvgIpc) is 3.43. The number of ether oxygens (including phenoxy) is 1. The molecule has 8 heteroatoms. The number of carbonyl (C=O) groups is 1. The van der Waals surface area contributed by atoms with Crippen molar-refractivity contribution in [2.45, 2.75) is 96.7 Å². The fourth-order valence-electron chi connectivity index (χ4n) is 5.93. The number of carbonyl (C=O) groups excluding carboxylic acids is 1. The zero-order valence-electron chi connectivity index (χ0n) is 22.1. The summed E-state index contributed by atoms with van der Waals surface area (Å²) in [6, 6.07) is 5.01. The van der Waals surface area contributed by atoms with Crippen LogP contribution >= 0.6 is 11.3 Å². The number of H-pyrrole nitrogens is 1. The van der Waals surface area contributed by atoms with E-state index >= 15 is 0 Å². The van der Waals surface area contributed by atoms with Crippen molar-refractivity contribution in [3.63, 3.8) is 0 Å². The number of hydrogen-bond acceptors (Lipinski definition) is 5. The first kappa shape index (κ1) is 24.8. The molecule has 3 aromatic heterocycles. The number of thiophene rings is 1. The van der Waals surface area contributed by atoms with Gasteiger partial charge in [-0.1, -0.05) is 13.8 Å². The second-order valence-electron chi connectivity index (χ2n) is 11.5. The Balaban J connectivity index is 1.42. The largest absolute Gasteiger partial charge is 0.444 e. The van der Waals surface area contributed by atoms with E-state index in [2.05, 4.69) is 40.9 Å². The summed E-state index contributed by atoms with van der Waals surface area (Å²) in [5.41, 5.74) is 10.7. The quantitative estimate of drug-likeness (QED) is 0.294. The molecule has 3 N–H and O–H groups in total. The van der Waals surface area contributed by atoms with Gasteiger partial charge in [0.15, 0.2) is 5.82 Å². The van der Waals surface area contributed by atoms with Crippen molar-refractivity contribution < 1.29 is 9.53 Å². The number of aromatic amines is 1. The van der Waals surface area contributed by atoms with Gasteiger partial charge in [-0.15, -0.1) is 11.3 Å². The molecule has 1 amide bonds. The molecule has 0 radical (unpaired) electrons. The predicted molar refractivity (Wildman–Crippen MR) is 147 cm³/mol. The fraction of sp³-hybridized carbons (Fsp3) is 0.536. The first-order chi connectivity index (χ1) is 17.1. The summed E-state index contributed by atoms with van der Waals surface area (Å²) in [4.78, 5) is 28.7. The van der Waals surface area contributed by atoms with Crippen LogP contribution in [0.3, 0.4) is 0 Å². The third-order valence-electron chi connectivity index (χ3n) is 7.38. The maximum atomic E-state index is 12.9. The molecule has 7 nitrogen and oxygen atoms in total. The van der Waals surface area contributed by atoms with Crippen LogP contribution in [0.1, 0.15) is 88.1 Å². The van der Waals surface area contributed by atoms with E-state index in [-0.39, 0.29) is 18.2 Å². The summed E-state index contributed by atoms with van der Waals surface area (Å²) in [6.07, 6.45) is 7.17. The Morgan fingerprint density at radius 3 is 2.56 bits per heavy atom. The Morgan fingerprint density at radius 1 is 1.28 bits per heavy atom. The standard InChI is InChI=1S/C28H37N5O2S/c1-15(2)23-24(18-9-16(3)26(30-13-18)31-14-29)32-21-12-22(36-25(21)23)17-10-19-7-8-20(11-17)33(19)27(34)35-28(4,5)6/h9,12-15,17,19-20,32H,7-8,10-11H2,1-6H3,(H2,29,30,31)/t17?,19-,20+. The van der Waals surface area contributed by atoms with E-state index in [0.29, 0.717) is 17.7 Å². The van der Waals surface area contributed by atoms with Crippen LogP contribution in [0.5, 0.6) is 0 Å². The summed E-state index contributed by atoms with van der Waals surface area (Å²) in [5, 5.41) is 0. The number of fused-ring (bicyclic) bond motifs is 3. The van der Waals surface area contributed by atoms with Gasteiger partial charge in [0, 0.05) is 28.7 Å². The minimum absolute atomic E-state index is 0.148. The van der Waals surface area contributed by atoms with Gasteiger partial charge in [-0.25, -0.2) is 14.8 Å². The molecule has 5 heterocycles. The van der Waals surface area contributed by atoms with Gasteiger partial charge in [0.05, 0.1) is 22.2 Å². The van der Waals surface area contributed by atoms with Gasteiger partial charge in [0.25, 0.3) is 0 Å². The van der Waals surface area contributed by atoms with Crippen molar-refractivity contribution in [2.24, 2.45) is 10.7 Å². The maximum absolute atomic E-state index is 12.9. The Labute approximate surface area is 217 Å². The van der Waals surface area contributed by atoms with Crippen LogP contribution in [0.2, 0.25) is 0 Å². The highest BCUT2D eigenvalue weighted by Crippen LogP contribution is 2.48. The molecule has 192 valence electrons. The van der Waals surface area contributed by atoms with Crippen molar-refractivity contribution in [1.29, 1.82) is 0 Å². The van der Waals surface area contributed by atoms with Crippen molar-refractivity contribution >= 4 is 39.8 Å². The highest BCUT2D eigenvalue weighted by Gasteiger charge is 2.45. The number of aryl methyl sites for hydroxylation is 1. The Bertz CT molecular complexity index is 1300. The lowest BCUT2D eigenvalue weighted by atomic mass is 9.89. The molecular formula is C28H37N5O2S. The van der Waals surface area contributed by atoms with Gasteiger partial charge in [0.2, 0.25) is 0 Å². The lowest BCUT2D eigenvalue weighted by Crippen LogP contribution is -2.48. The van der Waals surface area contributed by atoms with Crippen LogP contribution in [-0.4, -0.2) is 45.0 Å². The summed E-state index contributed by atoms with van der Waals surface area (Å²) in [7, 11) is 0. The molecule has 5 rings (SSSR count). The number of aliphatic imine (C=N–C) groups is 1. The third kappa shape index (κ3) is 4.51. The number of piperidine rings is 1. The number of pyridine rings is 1. The molecule has 0 saturated carbocycles. The van der Waals surface area contributed by atoms with E-state index in [4.69, 9.17) is 10.5 Å². The molecule has 2 aliphatic heterocycles. The van der Waals surface area contributed by atoms with Crippen LogP contribution in [0.25, 0.3) is 21.5 Å². The number of aromatic nitrogens is 2. The molecule has 36 heavy (non-hydrogen) atoms. The van der Waals surface area contributed by atoms with Gasteiger partial charge in [-0.05, 0) is 88.5 Å². The summed E-state index contributed by atoms with van der Waals surface area (Å²) < 4.78 is 7.06. The minimum Gasteiger partial charge on any atom is -0.444 e. The number of nitrogens with zero attached hydrogens (tertiary/aromatic N) is 3. The van der Waals surface area contributed by atoms with Gasteiger partial charge in [-0.3, -0.25) is 0 Å².